The van der Waals surface area contributed by atoms with Crippen molar-refractivity contribution >= 4 is 21.7 Å². The van der Waals surface area contributed by atoms with Gasteiger partial charge in [0, 0.05) is 16.3 Å². The third kappa shape index (κ3) is 1.53. The molecule has 3 aromatic rings. The monoisotopic (exact) mass is 237 g/mol. The molecule has 1 heterocycles. The Balaban J connectivity index is 2.62. The zero-order valence-electron chi connectivity index (χ0n) is 10.5. The van der Waals surface area contributed by atoms with Gasteiger partial charge in [0.25, 0.3) is 5.56 Å². The van der Waals surface area contributed by atoms with Crippen molar-refractivity contribution in [1.82, 2.24) is 4.98 Å². The Morgan fingerprint density at radius 3 is 2.39 bits per heavy atom. The van der Waals surface area contributed by atoms with E-state index < -0.39 is 0 Å². The fourth-order valence-electron chi connectivity index (χ4n) is 2.54. The SMILES string of the molecule is CC(C)c1cccc2[nH]c(=O)c3ccccc3c12. The highest BCUT2D eigenvalue weighted by Gasteiger charge is 2.10. The molecule has 18 heavy (non-hydrogen) atoms. The molecule has 0 aliphatic heterocycles. The van der Waals surface area contributed by atoms with E-state index in [0.717, 1.165) is 16.3 Å². The van der Waals surface area contributed by atoms with Crippen LogP contribution in [0.1, 0.15) is 25.3 Å². The van der Waals surface area contributed by atoms with Crippen LogP contribution in [0.25, 0.3) is 21.7 Å². The lowest BCUT2D eigenvalue weighted by Gasteiger charge is -2.12. The van der Waals surface area contributed by atoms with Gasteiger partial charge in [-0.05, 0) is 29.0 Å². The van der Waals surface area contributed by atoms with Crippen LogP contribution in [0.3, 0.4) is 0 Å². The molecular formula is C16H15NO. The molecule has 0 aliphatic rings. The Bertz CT molecular complexity index is 784. The summed E-state index contributed by atoms with van der Waals surface area (Å²) in [5, 5.41) is 2.97. The average Bonchev–Trinajstić information content (AvgIpc) is 2.38. The van der Waals surface area contributed by atoms with Gasteiger partial charge in [0.1, 0.15) is 0 Å². The van der Waals surface area contributed by atoms with Crippen molar-refractivity contribution in [2.45, 2.75) is 19.8 Å². The number of hydrogen-bond acceptors (Lipinski definition) is 1. The summed E-state index contributed by atoms with van der Waals surface area (Å²) in [4.78, 5) is 15.0. The van der Waals surface area contributed by atoms with Crippen LogP contribution in [0.4, 0.5) is 0 Å². The smallest absolute Gasteiger partial charge is 0.256 e. The lowest BCUT2D eigenvalue weighted by molar-refractivity contribution is 0.876. The maximum absolute atomic E-state index is 12.0. The summed E-state index contributed by atoms with van der Waals surface area (Å²) in [6.07, 6.45) is 0. The number of fused-ring (bicyclic) bond motifs is 3. The third-order valence-corrected chi connectivity index (χ3v) is 3.41. The molecule has 0 bridgehead atoms. The molecule has 0 saturated carbocycles. The number of benzene rings is 2. The van der Waals surface area contributed by atoms with E-state index in [2.05, 4.69) is 24.9 Å². The Kier molecular flexibility index (Phi) is 2.44. The van der Waals surface area contributed by atoms with E-state index in [1.165, 1.54) is 10.9 Å². The summed E-state index contributed by atoms with van der Waals surface area (Å²) in [6.45, 7) is 4.35. The molecule has 0 aliphatic carbocycles. The molecule has 1 N–H and O–H groups in total. The number of aromatic amines is 1. The van der Waals surface area contributed by atoms with E-state index >= 15 is 0 Å². The number of H-pyrrole nitrogens is 1. The van der Waals surface area contributed by atoms with E-state index in [4.69, 9.17) is 0 Å². The Morgan fingerprint density at radius 2 is 1.67 bits per heavy atom. The molecule has 2 nitrogen and oxygen atoms in total. The van der Waals surface area contributed by atoms with Gasteiger partial charge in [0.05, 0.1) is 0 Å². The molecule has 1 aromatic heterocycles. The normalized spacial score (nSPS) is 11.5. The predicted molar refractivity (Wildman–Crippen MR) is 76.2 cm³/mol. The minimum absolute atomic E-state index is 0.0148. The van der Waals surface area contributed by atoms with Crippen molar-refractivity contribution in [2.75, 3.05) is 0 Å². The van der Waals surface area contributed by atoms with Crippen LogP contribution < -0.4 is 5.56 Å². The van der Waals surface area contributed by atoms with Crippen LogP contribution in [0.5, 0.6) is 0 Å². The van der Waals surface area contributed by atoms with Gasteiger partial charge < -0.3 is 4.98 Å². The number of aromatic nitrogens is 1. The Morgan fingerprint density at radius 1 is 0.944 bits per heavy atom. The topological polar surface area (TPSA) is 32.9 Å². The van der Waals surface area contributed by atoms with E-state index in [0.29, 0.717) is 5.92 Å². The second-order valence-electron chi connectivity index (χ2n) is 4.92. The number of nitrogens with one attached hydrogen (secondary N) is 1. The molecule has 0 amide bonds. The van der Waals surface area contributed by atoms with Crippen molar-refractivity contribution < 1.29 is 0 Å². The first kappa shape index (κ1) is 11.0. The van der Waals surface area contributed by atoms with Gasteiger partial charge in [-0.15, -0.1) is 0 Å². The molecule has 0 fully saturated rings. The maximum atomic E-state index is 12.0. The minimum Gasteiger partial charge on any atom is -0.321 e. The van der Waals surface area contributed by atoms with Gasteiger partial charge in [0.2, 0.25) is 0 Å². The number of pyridine rings is 1. The molecule has 0 spiro atoms. The van der Waals surface area contributed by atoms with E-state index in [9.17, 15) is 4.79 Å². The summed E-state index contributed by atoms with van der Waals surface area (Å²) in [7, 11) is 0. The summed E-state index contributed by atoms with van der Waals surface area (Å²) in [5.41, 5.74) is 2.18. The van der Waals surface area contributed by atoms with Crippen LogP contribution in [0.2, 0.25) is 0 Å². The van der Waals surface area contributed by atoms with Crippen LogP contribution in [0.15, 0.2) is 47.3 Å². The lowest BCUT2D eigenvalue weighted by Crippen LogP contribution is -2.07. The molecule has 2 heteroatoms. The molecule has 90 valence electrons. The summed E-state index contributed by atoms with van der Waals surface area (Å²) >= 11 is 0. The van der Waals surface area contributed by atoms with Crippen molar-refractivity contribution in [2.24, 2.45) is 0 Å². The van der Waals surface area contributed by atoms with Crippen molar-refractivity contribution in [1.29, 1.82) is 0 Å². The first-order chi connectivity index (χ1) is 8.68. The number of rotatable bonds is 1. The minimum atomic E-state index is -0.0148. The average molecular weight is 237 g/mol. The standard InChI is InChI=1S/C16H15NO/c1-10(2)11-8-5-9-14-15(11)12-6-3-4-7-13(12)16(18)17-14/h3-10H,1-2H3,(H,17,18). The van der Waals surface area contributed by atoms with Crippen LogP contribution in [-0.4, -0.2) is 4.98 Å². The summed E-state index contributed by atoms with van der Waals surface area (Å²) in [6, 6.07) is 13.9. The van der Waals surface area contributed by atoms with Crippen LogP contribution in [0, 0.1) is 0 Å². The third-order valence-electron chi connectivity index (χ3n) is 3.41. The number of hydrogen-bond donors (Lipinski definition) is 1. The molecule has 0 radical (unpaired) electrons. The molecule has 0 unspecified atom stereocenters. The highest BCUT2D eigenvalue weighted by Crippen LogP contribution is 2.29. The molecule has 0 atom stereocenters. The predicted octanol–water partition coefficient (Wildman–Crippen LogP) is 3.80. The van der Waals surface area contributed by atoms with E-state index in [1.54, 1.807) is 0 Å². The Hall–Kier alpha value is -2.09. The fourth-order valence-corrected chi connectivity index (χ4v) is 2.54. The summed E-state index contributed by atoms with van der Waals surface area (Å²) < 4.78 is 0. The van der Waals surface area contributed by atoms with Gasteiger partial charge in [-0.25, -0.2) is 0 Å². The first-order valence-electron chi connectivity index (χ1n) is 6.22. The van der Waals surface area contributed by atoms with Gasteiger partial charge in [-0.2, -0.15) is 0 Å². The van der Waals surface area contributed by atoms with Crippen molar-refractivity contribution in [3.05, 3.63) is 58.4 Å². The largest absolute Gasteiger partial charge is 0.321 e. The second kappa shape index (κ2) is 3.98. The summed E-state index contributed by atoms with van der Waals surface area (Å²) in [5.74, 6) is 0.433. The lowest BCUT2D eigenvalue weighted by atomic mass is 9.95. The van der Waals surface area contributed by atoms with Gasteiger partial charge >= 0.3 is 0 Å². The maximum Gasteiger partial charge on any atom is 0.256 e. The highest BCUT2D eigenvalue weighted by atomic mass is 16.1. The van der Waals surface area contributed by atoms with Crippen LogP contribution in [-0.2, 0) is 0 Å². The first-order valence-corrected chi connectivity index (χ1v) is 6.22. The molecule has 3 rings (SSSR count). The molecular weight excluding hydrogens is 222 g/mol. The van der Waals surface area contributed by atoms with Gasteiger partial charge in [-0.3, -0.25) is 4.79 Å². The molecule has 0 saturated heterocycles. The zero-order valence-corrected chi connectivity index (χ0v) is 10.5. The molecule has 2 aromatic carbocycles. The highest BCUT2D eigenvalue weighted by molar-refractivity contribution is 6.07. The van der Waals surface area contributed by atoms with Crippen molar-refractivity contribution in [3.8, 4) is 0 Å². The van der Waals surface area contributed by atoms with E-state index in [1.807, 2.05) is 36.4 Å². The van der Waals surface area contributed by atoms with Crippen LogP contribution >= 0.6 is 0 Å². The van der Waals surface area contributed by atoms with Gasteiger partial charge in [0.15, 0.2) is 0 Å². The quantitative estimate of drug-likeness (QED) is 0.641. The fraction of sp³-hybridized carbons (Fsp3) is 0.188. The van der Waals surface area contributed by atoms with E-state index in [-0.39, 0.29) is 5.56 Å². The van der Waals surface area contributed by atoms with Gasteiger partial charge in [-0.1, -0.05) is 44.2 Å². The zero-order chi connectivity index (χ0) is 12.7. The Labute approximate surface area is 105 Å². The second-order valence-corrected chi connectivity index (χ2v) is 4.92. The van der Waals surface area contributed by atoms with Crippen molar-refractivity contribution in [3.63, 3.8) is 0 Å².